The van der Waals surface area contributed by atoms with E-state index in [4.69, 9.17) is 0 Å². The molecule has 0 spiro atoms. The SMILES string of the molecule is C1CN2CCC1CC2.CBr. The second-order valence-electron chi connectivity index (χ2n) is 3.07. The van der Waals surface area contributed by atoms with Crippen LogP contribution in [0.25, 0.3) is 0 Å². The largest absolute Gasteiger partial charge is 0.303 e. The Morgan fingerprint density at radius 2 is 1.40 bits per heavy atom. The average Bonchev–Trinajstić information content (AvgIpc) is 2.11. The van der Waals surface area contributed by atoms with Gasteiger partial charge in [-0.2, -0.15) is 0 Å². The van der Waals surface area contributed by atoms with E-state index in [9.17, 15) is 0 Å². The zero-order valence-corrected chi connectivity index (χ0v) is 8.23. The van der Waals surface area contributed by atoms with Gasteiger partial charge in [-0.15, -0.1) is 0 Å². The summed E-state index contributed by atoms with van der Waals surface area (Å²) >= 11 is 2.94. The van der Waals surface area contributed by atoms with Crippen LogP contribution in [0.15, 0.2) is 0 Å². The van der Waals surface area contributed by atoms with Gasteiger partial charge in [0.2, 0.25) is 0 Å². The minimum Gasteiger partial charge on any atom is -0.303 e. The van der Waals surface area contributed by atoms with Crippen molar-refractivity contribution in [2.75, 3.05) is 25.5 Å². The van der Waals surface area contributed by atoms with Crippen LogP contribution in [0.1, 0.15) is 19.3 Å². The van der Waals surface area contributed by atoms with Gasteiger partial charge in [-0.25, -0.2) is 0 Å². The maximum absolute atomic E-state index is 2.94. The number of hydrogen-bond donors (Lipinski definition) is 0. The van der Waals surface area contributed by atoms with Crippen LogP contribution < -0.4 is 0 Å². The third-order valence-corrected chi connectivity index (χ3v) is 2.56. The summed E-state index contributed by atoms with van der Waals surface area (Å²) in [6.07, 6.45) is 4.46. The average molecular weight is 206 g/mol. The molecule has 2 bridgehead atoms. The Labute approximate surface area is 71.9 Å². The third-order valence-electron chi connectivity index (χ3n) is 2.56. The predicted molar refractivity (Wildman–Crippen MR) is 48.6 cm³/mol. The molecule has 0 amide bonds. The van der Waals surface area contributed by atoms with Crippen molar-refractivity contribution >= 4 is 15.9 Å². The first-order chi connectivity index (χ1) is 4.95. The van der Waals surface area contributed by atoms with Crippen molar-refractivity contribution in [1.29, 1.82) is 0 Å². The number of piperidine rings is 3. The Bertz CT molecular complexity index is 64.2. The lowest BCUT2D eigenvalue weighted by Gasteiger charge is -2.38. The molecule has 10 heavy (non-hydrogen) atoms. The molecular weight excluding hydrogens is 190 g/mol. The molecule has 0 unspecified atom stereocenters. The first-order valence-electron chi connectivity index (χ1n) is 4.05. The minimum absolute atomic E-state index is 1.11. The van der Waals surface area contributed by atoms with Crippen molar-refractivity contribution in [2.45, 2.75) is 19.3 Å². The topological polar surface area (TPSA) is 3.24 Å². The van der Waals surface area contributed by atoms with E-state index in [0.717, 1.165) is 5.92 Å². The van der Waals surface area contributed by atoms with Crippen molar-refractivity contribution in [3.63, 3.8) is 0 Å². The number of fused-ring (bicyclic) bond motifs is 3. The van der Waals surface area contributed by atoms with Gasteiger partial charge in [-0.05, 0) is 50.6 Å². The molecule has 0 aliphatic carbocycles. The monoisotopic (exact) mass is 205 g/mol. The van der Waals surface area contributed by atoms with Crippen LogP contribution in [-0.4, -0.2) is 30.4 Å². The van der Waals surface area contributed by atoms with Crippen LogP contribution in [0.2, 0.25) is 0 Å². The summed E-state index contributed by atoms with van der Waals surface area (Å²) in [4.78, 5) is 2.58. The van der Waals surface area contributed by atoms with E-state index in [1.54, 1.807) is 0 Å². The predicted octanol–water partition coefficient (Wildman–Crippen LogP) is 2.11. The van der Waals surface area contributed by atoms with E-state index in [1.165, 1.54) is 38.9 Å². The lowest BCUT2D eigenvalue weighted by molar-refractivity contribution is 0.111. The Hall–Kier alpha value is 0.440. The Balaban J connectivity index is 0.000000231. The van der Waals surface area contributed by atoms with Gasteiger partial charge in [0.1, 0.15) is 0 Å². The maximum Gasteiger partial charge on any atom is -0.00161 e. The summed E-state index contributed by atoms with van der Waals surface area (Å²) in [6, 6.07) is 0. The van der Waals surface area contributed by atoms with Gasteiger partial charge < -0.3 is 4.90 Å². The van der Waals surface area contributed by atoms with Crippen molar-refractivity contribution < 1.29 is 0 Å². The van der Waals surface area contributed by atoms with Gasteiger partial charge in [0.25, 0.3) is 0 Å². The highest BCUT2D eigenvalue weighted by Gasteiger charge is 2.24. The summed E-state index contributed by atoms with van der Waals surface area (Å²) in [6.45, 7) is 4.18. The van der Waals surface area contributed by atoms with Crippen LogP contribution in [0, 0.1) is 5.92 Å². The third kappa shape index (κ3) is 1.96. The molecule has 3 saturated heterocycles. The molecule has 0 aromatic carbocycles. The highest BCUT2D eigenvalue weighted by atomic mass is 79.9. The minimum atomic E-state index is 1.11. The molecule has 1 nitrogen and oxygen atoms in total. The van der Waals surface area contributed by atoms with Crippen LogP contribution in [0.3, 0.4) is 0 Å². The fourth-order valence-electron chi connectivity index (χ4n) is 1.86. The molecule has 3 aliphatic heterocycles. The van der Waals surface area contributed by atoms with Gasteiger partial charge in [0, 0.05) is 0 Å². The maximum atomic E-state index is 2.94. The number of halogens is 1. The van der Waals surface area contributed by atoms with Gasteiger partial charge in [0.15, 0.2) is 0 Å². The van der Waals surface area contributed by atoms with E-state index < -0.39 is 0 Å². The molecule has 0 saturated carbocycles. The summed E-state index contributed by atoms with van der Waals surface area (Å²) in [5, 5.41) is 0. The van der Waals surface area contributed by atoms with Crippen LogP contribution in [0.5, 0.6) is 0 Å². The van der Waals surface area contributed by atoms with Crippen molar-refractivity contribution in [1.82, 2.24) is 4.90 Å². The van der Waals surface area contributed by atoms with Crippen molar-refractivity contribution in [3.05, 3.63) is 0 Å². The molecular formula is C8H16BrN. The first kappa shape index (κ1) is 8.54. The lowest BCUT2D eigenvalue weighted by Crippen LogP contribution is -2.41. The van der Waals surface area contributed by atoms with Gasteiger partial charge in [-0.3, -0.25) is 0 Å². The second-order valence-corrected chi connectivity index (χ2v) is 3.07. The highest BCUT2D eigenvalue weighted by Crippen LogP contribution is 2.26. The number of hydrogen-bond acceptors (Lipinski definition) is 1. The smallest absolute Gasteiger partial charge is 0.00161 e. The van der Waals surface area contributed by atoms with E-state index in [2.05, 4.69) is 20.8 Å². The van der Waals surface area contributed by atoms with E-state index in [-0.39, 0.29) is 0 Å². The molecule has 3 aliphatic rings. The Morgan fingerprint density at radius 1 is 1.00 bits per heavy atom. The molecule has 0 radical (unpaired) electrons. The summed E-state index contributed by atoms with van der Waals surface area (Å²) in [5.74, 6) is 2.92. The zero-order chi connectivity index (χ0) is 7.40. The highest BCUT2D eigenvalue weighted by molar-refractivity contribution is 9.08. The number of nitrogens with zero attached hydrogens (tertiary/aromatic N) is 1. The first-order valence-corrected chi connectivity index (χ1v) is 5.64. The summed E-state index contributed by atoms with van der Waals surface area (Å²) in [7, 11) is 0. The van der Waals surface area contributed by atoms with Gasteiger partial charge >= 0.3 is 0 Å². The second kappa shape index (κ2) is 4.35. The quantitative estimate of drug-likeness (QED) is 0.548. The van der Waals surface area contributed by atoms with E-state index in [0.29, 0.717) is 0 Å². The zero-order valence-electron chi connectivity index (χ0n) is 6.65. The fourth-order valence-corrected chi connectivity index (χ4v) is 1.86. The summed E-state index contributed by atoms with van der Waals surface area (Å²) < 4.78 is 0. The molecule has 0 N–H and O–H groups in total. The Morgan fingerprint density at radius 3 is 1.50 bits per heavy atom. The van der Waals surface area contributed by atoms with Crippen LogP contribution in [-0.2, 0) is 0 Å². The van der Waals surface area contributed by atoms with E-state index >= 15 is 0 Å². The van der Waals surface area contributed by atoms with Gasteiger partial charge in [-0.1, -0.05) is 15.9 Å². The molecule has 0 aromatic rings. The standard InChI is InChI=1S/C7H13N.CH3Br/c1-4-8-5-2-7(1)3-6-8;1-2/h7H,1-6H2;1H3. The molecule has 3 heterocycles. The molecule has 2 heteroatoms. The lowest BCUT2D eigenvalue weighted by atomic mass is 9.89. The number of rotatable bonds is 0. The fraction of sp³-hybridized carbons (Fsp3) is 1.00. The van der Waals surface area contributed by atoms with Crippen molar-refractivity contribution in [3.8, 4) is 0 Å². The Kier molecular flexibility index (Phi) is 3.71. The normalized spacial score (nSPS) is 36.6. The van der Waals surface area contributed by atoms with Crippen molar-refractivity contribution in [2.24, 2.45) is 5.92 Å². The van der Waals surface area contributed by atoms with Gasteiger partial charge in [0.05, 0.1) is 0 Å². The van der Waals surface area contributed by atoms with Crippen LogP contribution >= 0.6 is 15.9 Å². The number of alkyl halides is 1. The summed E-state index contributed by atoms with van der Waals surface area (Å²) in [5.41, 5.74) is 0. The molecule has 3 rings (SSSR count). The van der Waals surface area contributed by atoms with Crippen LogP contribution in [0.4, 0.5) is 0 Å². The molecule has 3 fully saturated rings. The molecule has 0 atom stereocenters. The molecule has 0 aromatic heterocycles. The molecule has 60 valence electrons. The van der Waals surface area contributed by atoms with E-state index in [1.807, 2.05) is 5.83 Å².